The van der Waals surface area contributed by atoms with Crippen molar-refractivity contribution < 1.29 is 14.3 Å². The number of nitrogens with one attached hydrogen (secondary N) is 1. The summed E-state index contributed by atoms with van der Waals surface area (Å²) in [5, 5.41) is 3.38. The summed E-state index contributed by atoms with van der Waals surface area (Å²) < 4.78 is 10.5. The Morgan fingerprint density at radius 2 is 2.04 bits per heavy atom. The van der Waals surface area contributed by atoms with Crippen molar-refractivity contribution in [2.45, 2.75) is 17.1 Å². The molecular weight excluding hydrogens is 336 g/mol. The van der Waals surface area contributed by atoms with Crippen LogP contribution in [0.25, 0.3) is 0 Å². The normalized spacial score (nSPS) is 16.1. The second-order valence-electron chi connectivity index (χ2n) is 5.89. The van der Waals surface area contributed by atoms with Crippen LogP contribution in [0.15, 0.2) is 47.4 Å². The van der Waals surface area contributed by atoms with Gasteiger partial charge in [0.25, 0.3) is 0 Å². The maximum absolute atomic E-state index is 12.6. The van der Waals surface area contributed by atoms with Crippen LogP contribution in [0.3, 0.4) is 0 Å². The zero-order valence-corrected chi connectivity index (χ0v) is 15.4. The summed E-state index contributed by atoms with van der Waals surface area (Å²) in [6, 6.07) is 13.6. The lowest BCUT2D eigenvalue weighted by Crippen LogP contribution is -2.39. The molecule has 1 unspecified atom stereocenters. The van der Waals surface area contributed by atoms with Crippen molar-refractivity contribution in [3.8, 4) is 11.5 Å². The molecule has 6 heteroatoms. The molecule has 3 rings (SSSR count). The molecule has 132 valence electrons. The molecule has 1 amide bonds. The molecule has 1 aliphatic rings. The summed E-state index contributed by atoms with van der Waals surface area (Å²) in [6.45, 7) is 3.32. The second kappa shape index (κ2) is 7.70. The Balaban J connectivity index is 1.73. The van der Waals surface area contributed by atoms with Gasteiger partial charge in [0, 0.05) is 22.8 Å². The van der Waals surface area contributed by atoms with Crippen LogP contribution in [0, 0.1) is 0 Å². The van der Waals surface area contributed by atoms with Crippen LogP contribution >= 0.6 is 11.8 Å². The number of hydrogen-bond donors (Lipinski definition) is 1. The number of nitrogens with zero attached hydrogens (tertiary/aromatic N) is 1. The topological polar surface area (TPSA) is 50.8 Å². The smallest absolute Gasteiger partial charge is 0.243 e. The van der Waals surface area contributed by atoms with E-state index in [-0.39, 0.29) is 5.91 Å². The van der Waals surface area contributed by atoms with Gasteiger partial charge in [-0.05, 0) is 24.3 Å². The average Bonchev–Trinajstić information content (AvgIpc) is 2.61. The molecule has 0 saturated heterocycles. The lowest BCUT2D eigenvalue weighted by Gasteiger charge is -2.33. The number of ether oxygens (including phenoxy) is 2. The summed E-state index contributed by atoms with van der Waals surface area (Å²) >= 11 is 1.85. The summed E-state index contributed by atoms with van der Waals surface area (Å²) in [6.07, 6.45) is 0. The lowest BCUT2D eigenvalue weighted by atomic mass is 10.2. The van der Waals surface area contributed by atoms with Gasteiger partial charge in [-0.15, -0.1) is 11.8 Å². The number of carbonyl (C=O) groups excluding carboxylic acids is 1. The minimum Gasteiger partial charge on any atom is -0.497 e. The van der Waals surface area contributed by atoms with E-state index in [0.717, 1.165) is 12.2 Å². The van der Waals surface area contributed by atoms with Gasteiger partial charge in [-0.25, -0.2) is 0 Å². The van der Waals surface area contributed by atoms with Crippen LogP contribution < -0.4 is 19.7 Å². The summed E-state index contributed by atoms with van der Waals surface area (Å²) in [5.41, 5.74) is 1.75. The monoisotopic (exact) mass is 358 g/mol. The fraction of sp³-hybridized carbons (Fsp3) is 0.316. The lowest BCUT2D eigenvalue weighted by molar-refractivity contribution is -0.115. The number of amides is 1. The molecule has 0 aliphatic carbocycles. The van der Waals surface area contributed by atoms with Gasteiger partial charge in [-0.3, -0.25) is 4.79 Å². The zero-order valence-electron chi connectivity index (χ0n) is 14.6. The quantitative estimate of drug-likeness (QED) is 0.884. The van der Waals surface area contributed by atoms with Gasteiger partial charge in [0.15, 0.2) is 0 Å². The number of carbonyl (C=O) groups is 1. The Kier molecular flexibility index (Phi) is 5.38. The number of thioether (sulfide) groups is 1. The van der Waals surface area contributed by atoms with Gasteiger partial charge in [-0.1, -0.05) is 19.1 Å². The highest BCUT2D eigenvalue weighted by Gasteiger charge is 2.23. The van der Waals surface area contributed by atoms with Crippen molar-refractivity contribution in [1.29, 1.82) is 0 Å². The van der Waals surface area contributed by atoms with Crippen LogP contribution in [0.1, 0.15) is 6.92 Å². The number of benzene rings is 2. The molecule has 0 aromatic heterocycles. The second-order valence-corrected chi connectivity index (χ2v) is 7.37. The maximum Gasteiger partial charge on any atom is 0.243 e. The third-order valence-corrected chi connectivity index (χ3v) is 5.18. The number of hydrogen-bond acceptors (Lipinski definition) is 5. The van der Waals surface area contributed by atoms with Gasteiger partial charge in [0.1, 0.15) is 11.5 Å². The van der Waals surface area contributed by atoms with Gasteiger partial charge in [0.05, 0.1) is 32.1 Å². The van der Waals surface area contributed by atoms with E-state index in [1.807, 2.05) is 23.9 Å². The maximum atomic E-state index is 12.6. The number of anilines is 2. The first-order chi connectivity index (χ1) is 12.1. The van der Waals surface area contributed by atoms with E-state index in [0.29, 0.717) is 29.0 Å². The molecule has 1 aliphatic heterocycles. The molecule has 25 heavy (non-hydrogen) atoms. The molecule has 0 fully saturated rings. The minimum absolute atomic E-state index is 0.0719. The van der Waals surface area contributed by atoms with Crippen molar-refractivity contribution >= 4 is 29.0 Å². The van der Waals surface area contributed by atoms with Crippen molar-refractivity contribution in [2.75, 3.05) is 37.5 Å². The van der Waals surface area contributed by atoms with E-state index in [9.17, 15) is 4.79 Å². The molecule has 1 heterocycles. The SMILES string of the molecule is COc1ccc(NC(=O)CN2CC(C)Sc3ccccc32)c(OC)c1. The molecule has 0 bridgehead atoms. The predicted molar refractivity (Wildman–Crippen MR) is 102 cm³/mol. The van der Waals surface area contributed by atoms with Crippen LogP contribution in [0.2, 0.25) is 0 Å². The number of rotatable bonds is 5. The molecule has 0 spiro atoms. The predicted octanol–water partition coefficient (Wildman–Crippen LogP) is 3.64. The Hall–Kier alpha value is -2.34. The fourth-order valence-corrected chi connectivity index (χ4v) is 4.06. The first kappa shape index (κ1) is 17.5. The van der Waals surface area contributed by atoms with E-state index in [4.69, 9.17) is 9.47 Å². The van der Waals surface area contributed by atoms with Crippen LogP contribution in [0.4, 0.5) is 11.4 Å². The number of methoxy groups -OCH3 is 2. The highest BCUT2D eigenvalue weighted by Crippen LogP contribution is 2.38. The largest absolute Gasteiger partial charge is 0.497 e. The van der Waals surface area contributed by atoms with Gasteiger partial charge in [0.2, 0.25) is 5.91 Å². The zero-order chi connectivity index (χ0) is 17.8. The summed E-state index contributed by atoms with van der Waals surface area (Å²) in [4.78, 5) is 15.9. The average molecular weight is 358 g/mol. The van der Waals surface area contributed by atoms with E-state index >= 15 is 0 Å². The first-order valence-corrected chi connectivity index (χ1v) is 9.01. The minimum atomic E-state index is -0.0719. The highest BCUT2D eigenvalue weighted by atomic mass is 32.2. The molecule has 0 radical (unpaired) electrons. The third-order valence-electron chi connectivity index (χ3n) is 4.03. The first-order valence-electron chi connectivity index (χ1n) is 8.13. The van der Waals surface area contributed by atoms with E-state index in [1.54, 1.807) is 32.4 Å². The highest BCUT2D eigenvalue weighted by molar-refractivity contribution is 8.00. The van der Waals surface area contributed by atoms with Gasteiger partial charge >= 0.3 is 0 Å². The number of para-hydroxylation sites is 1. The van der Waals surface area contributed by atoms with Crippen molar-refractivity contribution in [2.24, 2.45) is 0 Å². The van der Waals surface area contributed by atoms with E-state index in [2.05, 4.69) is 29.3 Å². The van der Waals surface area contributed by atoms with Crippen LogP contribution in [0.5, 0.6) is 11.5 Å². The van der Waals surface area contributed by atoms with Crippen LogP contribution in [-0.4, -0.2) is 38.5 Å². The molecule has 5 nitrogen and oxygen atoms in total. The van der Waals surface area contributed by atoms with Crippen molar-refractivity contribution in [3.05, 3.63) is 42.5 Å². The Bertz CT molecular complexity index is 766. The number of fused-ring (bicyclic) bond motifs is 1. The summed E-state index contributed by atoms with van der Waals surface area (Å²) in [7, 11) is 3.17. The van der Waals surface area contributed by atoms with Crippen molar-refractivity contribution in [3.63, 3.8) is 0 Å². The van der Waals surface area contributed by atoms with Gasteiger partial charge < -0.3 is 19.7 Å². The van der Waals surface area contributed by atoms with Crippen LogP contribution in [-0.2, 0) is 4.79 Å². The standard InChI is InChI=1S/C19H22N2O3S/c1-13-11-21(16-6-4-5-7-18(16)25-13)12-19(22)20-15-9-8-14(23-2)10-17(15)24-3/h4-10,13H,11-12H2,1-3H3,(H,20,22). The van der Waals surface area contributed by atoms with E-state index in [1.165, 1.54) is 4.90 Å². The van der Waals surface area contributed by atoms with E-state index < -0.39 is 0 Å². The molecule has 0 saturated carbocycles. The van der Waals surface area contributed by atoms with Crippen molar-refractivity contribution in [1.82, 2.24) is 0 Å². The fourth-order valence-electron chi connectivity index (χ4n) is 2.90. The Morgan fingerprint density at radius 1 is 1.24 bits per heavy atom. The summed E-state index contributed by atoms with van der Waals surface area (Å²) in [5.74, 6) is 1.19. The molecule has 2 aromatic rings. The Labute approximate surface area is 152 Å². The molecule has 1 atom stereocenters. The van der Waals surface area contributed by atoms with Gasteiger partial charge in [-0.2, -0.15) is 0 Å². The molecule has 2 aromatic carbocycles. The molecular formula is C19H22N2O3S. The Morgan fingerprint density at radius 3 is 2.80 bits per heavy atom. The third kappa shape index (κ3) is 4.02. The molecule has 1 N–H and O–H groups in total.